The average Bonchev–Trinajstić information content (AvgIpc) is 2.28. The van der Waals surface area contributed by atoms with E-state index in [-0.39, 0.29) is 12.1 Å². The van der Waals surface area contributed by atoms with Crippen LogP contribution in [0.4, 0.5) is 4.79 Å². The van der Waals surface area contributed by atoms with Gasteiger partial charge < -0.3 is 15.3 Å². The molecular formula is C13H24N2O2. The molecule has 17 heavy (non-hydrogen) atoms. The number of hydrogen-bond donors (Lipinski definition) is 2. The summed E-state index contributed by atoms with van der Waals surface area (Å²) < 4.78 is 0. The van der Waals surface area contributed by atoms with Gasteiger partial charge in [-0.15, -0.1) is 0 Å². The fourth-order valence-electron chi connectivity index (χ4n) is 2.85. The minimum atomic E-state index is -0.130. The van der Waals surface area contributed by atoms with E-state index in [9.17, 15) is 9.90 Å². The number of aliphatic hydroxyl groups is 1. The van der Waals surface area contributed by atoms with Crippen LogP contribution in [0, 0.1) is 5.92 Å². The van der Waals surface area contributed by atoms with E-state index in [4.69, 9.17) is 0 Å². The lowest BCUT2D eigenvalue weighted by molar-refractivity contribution is 0.0323. The van der Waals surface area contributed by atoms with E-state index in [2.05, 4.69) is 5.32 Å². The van der Waals surface area contributed by atoms with Crippen molar-refractivity contribution in [2.75, 3.05) is 13.6 Å². The number of hydrogen-bond acceptors (Lipinski definition) is 2. The van der Waals surface area contributed by atoms with Crippen molar-refractivity contribution in [1.29, 1.82) is 0 Å². The molecule has 98 valence electrons. The van der Waals surface area contributed by atoms with Gasteiger partial charge in [0.1, 0.15) is 0 Å². The molecule has 0 unspecified atom stereocenters. The van der Waals surface area contributed by atoms with Gasteiger partial charge in [-0.05, 0) is 31.6 Å². The van der Waals surface area contributed by atoms with Crippen LogP contribution in [0.3, 0.4) is 0 Å². The summed E-state index contributed by atoms with van der Waals surface area (Å²) in [7, 11) is 1.85. The van der Waals surface area contributed by atoms with Crippen molar-refractivity contribution >= 4 is 6.03 Å². The summed E-state index contributed by atoms with van der Waals surface area (Å²) in [6, 6.07) is 0.434. The number of urea groups is 1. The first kappa shape index (κ1) is 12.7. The van der Waals surface area contributed by atoms with E-state index >= 15 is 0 Å². The molecule has 0 spiro atoms. The number of nitrogens with zero attached hydrogens (tertiary/aromatic N) is 1. The average molecular weight is 240 g/mol. The zero-order valence-corrected chi connectivity index (χ0v) is 10.7. The first-order valence-electron chi connectivity index (χ1n) is 6.85. The van der Waals surface area contributed by atoms with Crippen molar-refractivity contribution in [3.8, 4) is 0 Å². The Hall–Kier alpha value is -0.770. The van der Waals surface area contributed by atoms with Crippen LogP contribution in [0.1, 0.15) is 44.9 Å². The molecule has 0 atom stereocenters. The molecule has 2 N–H and O–H groups in total. The zero-order valence-electron chi connectivity index (χ0n) is 10.7. The molecular weight excluding hydrogens is 216 g/mol. The first-order chi connectivity index (χ1) is 8.15. The first-order valence-corrected chi connectivity index (χ1v) is 6.85. The van der Waals surface area contributed by atoms with E-state index < -0.39 is 0 Å². The Balaban J connectivity index is 1.67. The molecule has 2 fully saturated rings. The van der Waals surface area contributed by atoms with Gasteiger partial charge in [0.15, 0.2) is 0 Å². The Morgan fingerprint density at radius 1 is 1.29 bits per heavy atom. The molecule has 0 radical (unpaired) electrons. The summed E-state index contributed by atoms with van der Waals surface area (Å²) in [5.74, 6) is 0.493. The third-order valence-electron chi connectivity index (χ3n) is 4.02. The van der Waals surface area contributed by atoms with Gasteiger partial charge in [-0.3, -0.25) is 0 Å². The van der Waals surface area contributed by atoms with Crippen molar-refractivity contribution in [3.63, 3.8) is 0 Å². The van der Waals surface area contributed by atoms with Crippen molar-refractivity contribution in [3.05, 3.63) is 0 Å². The Bertz CT molecular complexity index is 258. The van der Waals surface area contributed by atoms with Crippen LogP contribution in [0.5, 0.6) is 0 Å². The maximum absolute atomic E-state index is 11.9. The molecule has 2 aliphatic rings. The summed E-state index contributed by atoms with van der Waals surface area (Å²) in [6.07, 6.45) is 7.61. The normalized spacial score (nSPS) is 29.5. The minimum absolute atomic E-state index is 0.0540. The van der Waals surface area contributed by atoms with Crippen LogP contribution in [0.2, 0.25) is 0 Å². The fourth-order valence-corrected chi connectivity index (χ4v) is 2.85. The van der Waals surface area contributed by atoms with Crippen LogP contribution in [-0.4, -0.2) is 41.8 Å². The second-order valence-electron chi connectivity index (χ2n) is 5.66. The van der Waals surface area contributed by atoms with Gasteiger partial charge in [-0.25, -0.2) is 4.79 Å². The predicted molar refractivity (Wildman–Crippen MR) is 66.8 cm³/mol. The second-order valence-corrected chi connectivity index (χ2v) is 5.66. The third-order valence-corrected chi connectivity index (χ3v) is 4.02. The van der Waals surface area contributed by atoms with Gasteiger partial charge >= 0.3 is 6.03 Å². The van der Waals surface area contributed by atoms with E-state index in [0.717, 1.165) is 32.2 Å². The van der Waals surface area contributed by atoms with Crippen LogP contribution in [0.25, 0.3) is 0 Å². The minimum Gasteiger partial charge on any atom is -0.393 e. The van der Waals surface area contributed by atoms with Crippen molar-refractivity contribution in [2.24, 2.45) is 5.92 Å². The third kappa shape index (κ3) is 3.60. The summed E-state index contributed by atoms with van der Waals surface area (Å²) in [5, 5.41) is 12.3. The molecule has 2 rings (SSSR count). The molecule has 0 heterocycles. The molecule has 2 amide bonds. The zero-order chi connectivity index (χ0) is 12.3. The molecule has 2 saturated carbocycles. The van der Waals surface area contributed by atoms with Gasteiger partial charge in [-0.2, -0.15) is 0 Å². The number of carbonyl (C=O) groups excluding carboxylic acids is 1. The molecule has 0 aliphatic heterocycles. The molecule has 0 aromatic heterocycles. The summed E-state index contributed by atoms with van der Waals surface area (Å²) >= 11 is 0. The Kier molecular flexibility index (Phi) is 4.26. The van der Waals surface area contributed by atoms with Gasteiger partial charge in [0.2, 0.25) is 0 Å². The number of rotatable bonds is 3. The van der Waals surface area contributed by atoms with Gasteiger partial charge in [0.25, 0.3) is 0 Å². The van der Waals surface area contributed by atoms with Crippen molar-refractivity contribution < 1.29 is 9.90 Å². The molecule has 0 aromatic carbocycles. The maximum atomic E-state index is 11.9. The fraction of sp³-hybridized carbons (Fsp3) is 0.923. The number of aliphatic hydroxyl groups excluding tert-OH is 1. The summed E-state index contributed by atoms with van der Waals surface area (Å²) in [4.78, 5) is 13.7. The highest BCUT2D eigenvalue weighted by Crippen LogP contribution is 2.27. The topological polar surface area (TPSA) is 52.6 Å². The molecule has 2 aliphatic carbocycles. The van der Waals surface area contributed by atoms with Crippen LogP contribution in [0.15, 0.2) is 0 Å². The van der Waals surface area contributed by atoms with Gasteiger partial charge in [0, 0.05) is 19.6 Å². The van der Waals surface area contributed by atoms with Gasteiger partial charge in [0.05, 0.1) is 6.10 Å². The van der Waals surface area contributed by atoms with Gasteiger partial charge in [-0.1, -0.05) is 19.3 Å². The summed E-state index contributed by atoms with van der Waals surface area (Å²) in [6.45, 7) is 0.773. The highest BCUT2D eigenvalue weighted by Gasteiger charge is 2.29. The molecule has 4 heteroatoms. The van der Waals surface area contributed by atoms with Crippen LogP contribution < -0.4 is 5.32 Å². The van der Waals surface area contributed by atoms with Crippen molar-refractivity contribution in [2.45, 2.75) is 57.1 Å². The quantitative estimate of drug-likeness (QED) is 0.789. The van der Waals surface area contributed by atoms with E-state index in [0.29, 0.717) is 12.0 Å². The highest BCUT2D eigenvalue weighted by atomic mass is 16.3. The largest absolute Gasteiger partial charge is 0.393 e. The molecule has 0 bridgehead atoms. The predicted octanol–water partition coefficient (Wildman–Crippen LogP) is 1.73. The lowest BCUT2D eigenvalue weighted by atomic mass is 9.82. The monoisotopic (exact) mass is 240 g/mol. The van der Waals surface area contributed by atoms with Crippen molar-refractivity contribution in [1.82, 2.24) is 10.2 Å². The standard InChI is InChI=1S/C13H24N2O2/c1-15(9-10-7-12(16)8-10)13(17)14-11-5-3-2-4-6-11/h10-12,16H,2-9H2,1H3,(H,14,17). The van der Waals surface area contributed by atoms with Crippen LogP contribution >= 0.6 is 0 Å². The molecule has 4 nitrogen and oxygen atoms in total. The van der Waals surface area contributed by atoms with E-state index in [1.54, 1.807) is 4.90 Å². The molecule has 0 saturated heterocycles. The summed E-state index contributed by atoms with van der Waals surface area (Å²) in [5.41, 5.74) is 0. The highest BCUT2D eigenvalue weighted by molar-refractivity contribution is 5.74. The smallest absolute Gasteiger partial charge is 0.317 e. The lowest BCUT2D eigenvalue weighted by Crippen LogP contribution is -2.47. The number of carbonyl (C=O) groups is 1. The second kappa shape index (κ2) is 5.71. The molecule has 0 aromatic rings. The lowest BCUT2D eigenvalue weighted by Gasteiger charge is -2.35. The van der Waals surface area contributed by atoms with Crippen LogP contribution in [-0.2, 0) is 0 Å². The Morgan fingerprint density at radius 2 is 1.94 bits per heavy atom. The SMILES string of the molecule is CN(CC1CC(O)C1)C(=O)NC1CCCCC1. The number of amides is 2. The Morgan fingerprint density at radius 3 is 2.53 bits per heavy atom. The Labute approximate surface area is 103 Å². The maximum Gasteiger partial charge on any atom is 0.317 e. The number of nitrogens with one attached hydrogen (secondary N) is 1. The van der Waals surface area contributed by atoms with E-state index in [1.165, 1.54) is 19.3 Å². The van der Waals surface area contributed by atoms with E-state index in [1.807, 2.05) is 7.05 Å².